The lowest BCUT2D eigenvalue weighted by atomic mass is 9.65. The summed E-state index contributed by atoms with van der Waals surface area (Å²) >= 11 is 0. The first-order chi connectivity index (χ1) is 10.7. The predicted octanol–water partition coefficient (Wildman–Crippen LogP) is 4.49. The highest BCUT2D eigenvalue weighted by molar-refractivity contribution is 5.41. The van der Waals surface area contributed by atoms with E-state index in [1.54, 1.807) is 0 Å². The van der Waals surface area contributed by atoms with E-state index in [4.69, 9.17) is 0 Å². The quantitative estimate of drug-likeness (QED) is 0.828. The van der Waals surface area contributed by atoms with Gasteiger partial charge < -0.3 is 5.11 Å². The Kier molecular flexibility index (Phi) is 4.58. The molecule has 4 atom stereocenters. The Balaban J connectivity index is 1.98. The predicted molar refractivity (Wildman–Crippen MR) is 92.3 cm³/mol. The molecule has 0 radical (unpaired) electrons. The molecule has 0 aromatic heterocycles. The van der Waals surface area contributed by atoms with Gasteiger partial charge in [0.2, 0.25) is 0 Å². The van der Waals surface area contributed by atoms with Crippen LogP contribution >= 0.6 is 0 Å². The van der Waals surface area contributed by atoms with Gasteiger partial charge in [-0.2, -0.15) is 0 Å². The molecule has 0 heterocycles. The molecule has 1 fully saturated rings. The fraction of sp³-hybridized carbons (Fsp3) is 0.600. The van der Waals surface area contributed by atoms with Crippen LogP contribution in [0.4, 0.5) is 0 Å². The fourth-order valence-electron chi connectivity index (χ4n) is 4.82. The van der Waals surface area contributed by atoms with Crippen LogP contribution in [0.5, 0.6) is 5.75 Å². The SMILES string of the molecule is C=C[C@@H](C)N(CC)[C@@H]1Cc2ccc(O)cc2C2CCCCC21. The number of hydrogen-bond acceptors (Lipinski definition) is 2. The maximum absolute atomic E-state index is 9.90. The van der Waals surface area contributed by atoms with Crippen molar-refractivity contribution in [3.8, 4) is 5.75 Å². The van der Waals surface area contributed by atoms with Gasteiger partial charge in [0.25, 0.3) is 0 Å². The van der Waals surface area contributed by atoms with Crippen LogP contribution in [-0.4, -0.2) is 28.6 Å². The normalized spacial score (nSPS) is 28.8. The van der Waals surface area contributed by atoms with Gasteiger partial charge in [0.15, 0.2) is 0 Å². The summed E-state index contributed by atoms with van der Waals surface area (Å²) in [6.07, 6.45) is 8.47. The summed E-state index contributed by atoms with van der Waals surface area (Å²) in [5.41, 5.74) is 2.86. The number of phenols is 1. The van der Waals surface area contributed by atoms with E-state index in [9.17, 15) is 5.11 Å². The van der Waals surface area contributed by atoms with Crippen molar-refractivity contribution in [1.29, 1.82) is 0 Å². The largest absolute Gasteiger partial charge is 0.508 e. The van der Waals surface area contributed by atoms with Gasteiger partial charge in [-0.1, -0.05) is 31.9 Å². The third-order valence-electron chi connectivity index (χ3n) is 5.93. The average molecular weight is 299 g/mol. The standard InChI is InChI=1S/C20H29NO/c1-4-14(3)21(5-2)20-12-15-10-11-16(22)13-19(15)17-8-6-7-9-18(17)20/h4,10-11,13-14,17-18,20,22H,1,5-9,12H2,2-3H3/t14-,17?,18?,20-/m1/s1. The van der Waals surface area contributed by atoms with Crippen LogP contribution in [0.1, 0.15) is 56.6 Å². The second-order valence-electron chi connectivity index (χ2n) is 7.02. The van der Waals surface area contributed by atoms with Gasteiger partial charge in [-0.25, -0.2) is 0 Å². The van der Waals surface area contributed by atoms with E-state index in [0.29, 0.717) is 23.8 Å². The molecule has 3 rings (SSSR count). The zero-order chi connectivity index (χ0) is 15.7. The summed E-state index contributed by atoms with van der Waals surface area (Å²) in [6, 6.07) is 7.07. The van der Waals surface area contributed by atoms with Crippen LogP contribution in [0.2, 0.25) is 0 Å². The second kappa shape index (κ2) is 6.45. The minimum atomic E-state index is 0.424. The molecular weight excluding hydrogens is 270 g/mol. The number of rotatable bonds is 4. The summed E-state index contributed by atoms with van der Waals surface area (Å²) < 4.78 is 0. The van der Waals surface area contributed by atoms with Gasteiger partial charge in [0, 0.05) is 12.1 Å². The number of aromatic hydroxyl groups is 1. The highest BCUT2D eigenvalue weighted by atomic mass is 16.3. The fourth-order valence-corrected chi connectivity index (χ4v) is 4.82. The number of benzene rings is 1. The number of phenolic OH excluding ortho intramolecular Hbond substituents is 1. The van der Waals surface area contributed by atoms with Crippen LogP contribution in [0.3, 0.4) is 0 Å². The lowest BCUT2D eigenvalue weighted by molar-refractivity contribution is 0.0811. The molecule has 120 valence electrons. The lowest BCUT2D eigenvalue weighted by Crippen LogP contribution is -2.50. The Morgan fingerprint density at radius 1 is 1.36 bits per heavy atom. The number of nitrogens with zero attached hydrogens (tertiary/aromatic N) is 1. The van der Waals surface area contributed by atoms with E-state index < -0.39 is 0 Å². The zero-order valence-corrected chi connectivity index (χ0v) is 14.0. The number of hydrogen-bond donors (Lipinski definition) is 1. The van der Waals surface area contributed by atoms with Gasteiger partial charge >= 0.3 is 0 Å². The minimum absolute atomic E-state index is 0.424. The Morgan fingerprint density at radius 3 is 2.86 bits per heavy atom. The van der Waals surface area contributed by atoms with E-state index in [0.717, 1.165) is 18.9 Å². The van der Waals surface area contributed by atoms with Crippen molar-refractivity contribution in [3.63, 3.8) is 0 Å². The summed E-state index contributed by atoms with van der Waals surface area (Å²) in [4.78, 5) is 2.63. The summed E-state index contributed by atoms with van der Waals surface area (Å²) in [5, 5.41) is 9.90. The smallest absolute Gasteiger partial charge is 0.115 e. The molecule has 0 aliphatic heterocycles. The summed E-state index contributed by atoms with van der Waals surface area (Å²) in [6.45, 7) is 9.62. The third kappa shape index (κ3) is 2.69. The summed E-state index contributed by atoms with van der Waals surface area (Å²) in [7, 11) is 0. The molecule has 2 nitrogen and oxygen atoms in total. The van der Waals surface area contributed by atoms with Crippen molar-refractivity contribution in [3.05, 3.63) is 42.0 Å². The first kappa shape index (κ1) is 15.6. The highest BCUT2D eigenvalue weighted by Crippen LogP contribution is 2.47. The van der Waals surface area contributed by atoms with Crippen molar-refractivity contribution < 1.29 is 5.11 Å². The minimum Gasteiger partial charge on any atom is -0.508 e. The zero-order valence-electron chi connectivity index (χ0n) is 14.0. The monoisotopic (exact) mass is 299 g/mol. The van der Waals surface area contributed by atoms with E-state index >= 15 is 0 Å². The maximum Gasteiger partial charge on any atom is 0.115 e. The maximum atomic E-state index is 9.90. The van der Waals surface area contributed by atoms with Crippen molar-refractivity contribution in [1.82, 2.24) is 4.90 Å². The lowest BCUT2D eigenvalue weighted by Gasteiger charge is -2.48. The molecular formula is C20H29NO. The van der Waals surface area contributed by atoms with Crippen molar-refractivity contribution in [2.45, 2.75) is 64.0 Å². The number of likely N-dealkylation sites (N-methyl/N-ethyl adjacent to an activating group) is 1. The van der Waals surface area contributed by atoms with Crippen LogP contribution in [0, 0.1) is 5.92 Å². The van der Waals surface area contributed by atoms with Crippen molar-refractivity contribution in [2.24, 2.45) is 5.92 Å². The molecule has 0 spiro atoms. The third-order valence-corrected chi connectivity index (χ3v) is 5.93. The van der Waals surface area contributed by atoms with Crippen molar-refractivity contribution >= 4 is 0 Å². The molecule has 22 heavy (non-hydrogen) atoms. The molecule has 1 aromatic carbocycles. The van der Waals surface area contributed by atoms with Crippen LogP contribution < -0.4 is 0 Å². The molecule has 2 aliphatic carbocycles. The molecule has 1 saturated carbocycles. The molecule has 1 aromatic rings. The van der Waals surface area contributed by atoms with E-state index in [1.165, 1.54) is 36.8 Å². The van der Waals surface area contributed by atoms with E-state index in [1.807, 2.05) is 12.1 Å². The van der Waals surface area contributed by atoms with Crippen LogP contribution in [0.25, 0.3) is 0 Å². The van der Waals surface area contributed by atoms with Gasteiger partial charge in [-0.15, -0.1) is 6.58 Å². The Bertz CT molecular complexity index is 539. The molecule has 1 N–H and O–H groups in total. The van der Waals surface area contributed by atoms with E-state index in [2.05, 4.69) is 37.5 Å². The van der Waals surface area contributed by atoms with Crippen LogP contribution in [-0.2, 0) is 6.42 Å². The van der Waals surface area contributed by atoms with Crippen molar-refractivity contribution in [2.75, 3.05) is 6.54 Å². The topological polar surface area (TPSA) is 23.5 Å². The molecule has 2 aliphatic rings. The Morgan fingerprint density at radius 2 is 2.14 bits per heavy atom. The Labute approximate surface area is 134 Å². The summed E-state index contributed by atoms with van der Waals surface area (Å²) in [5.74, 6) is 1.78. The highest BCUT2D eigenvalue weighted by Gasteiger charge is 2.41. The first-order valence-corrected chi connectivity index (χ1v) is 8.85. The molecule has 0 amide bonds. The van der Waals surface area contributed by atoms with Gasteiger partial charge in [-0.05, 0) is 67.8 Å². The van der Waals surface area contributed by atoms with Gasteiger partial charge in [0.1, 0.15) is 5.75 Å². The molecule has 0 saturated heterocycles. The molecule has 2 heteroatoms. The Hall–Kier alpha value is -1.28. The molecule has 2 unspecified atom stereocenters. The van der Waals surface area contributed by atoms with Gasteiger partial charge in [0.05, 0.1) is 0 Å². The van der Waals surface area contributed by atoms with Crippen LogP contribution in [0.15, 0.2) is 30.9 Å². The average Bonchev–Trinajstić information content (AvgIpc) is 2.55. The van der Waals surface area contributed by atoms with Gasteiger partial charge in [-0.3, -0.25) is 4.90 Å². The first-order valence-electron chi connectivity index (χ1n) is 8.85. The number of fused-ring (bicyclic) bond motifs is 3. The van der Waals surface area contributed by atoms with E-state index in [-0.39, 0.29) is 0 Å². The second-order valence-corrected chi connectivity index (χ2v) is 7.02. The molecule has 0 bridgehead atoms.